The minimum Gasteiger partial charge on any atom is -0.497 e. The first-order valence-electron chi connectivity index (χ1n) is 11.1. The monoisotopic (exact) mass is 482 g/mol. The maximum Gasteiger partial charge on any atom is 0.245 e. The number of carbonyl (C=O) groups excluding carboxylic acids is 1. The number of aryl methyl sites for hydroxylation is 1. The molecule has 4 aromatic rings. The summed E-state index contributed by atoms with van der Waals surface area (Å²) in [4.78, 5) is 25.3. The van der Waals surface area contributed by atoms with E-state index in [4.69, 9.17) is 9.72 Å². The Morgan fingerprint density at radius 3 is 2.57 bits per heavy atom. The summed E-state index contributed by atoms with van der Waals surface area (Å²) < 4.78 is 37.0. The van der Waals surface area contributed by atoms with Crippen molar-refractivity contribution in [3.63, 3.8) is 0 Å². The van der Waals surface area contributed by atoms with Gasteiger partial charge in [0.15, 0.2) is 5.82 Å². The van der Waals surface area contributed by atoms with Crippen LogP contribution in [0.4, 0.5) is 26.4 Å². The van der Waals surface area contributed by atoms with E-state index in [1.54, 1.807) is 15.7 Å². The number of piperazine rings is 1. The van der Waals surface area contributed by atoms with Crippen molar-refractivity contribution in [2.45, 2.75) is 6.42 Å². The Bertz CT molecular complexity index is 1350. The number of benzene rings is 1. The lowest BCUT2D eigenvalue weighted by molar-refractivity contribution is -0.130. The van der Waals surface area contributed by atoms with Crippen molar-refractivity contribution >= 4 is 29.0 Å². The summed E-state index contributed by atoms with van der Waals surface area (Å²) in [5, 5.41) is 7.83. The lowest BCUT2D eigenvalue weighted by Crippen LogP contribution is -2.49. The molecule has 0 radical (unpaired) electrons. The van der Waals surface area contributed by atoms with E-state index in [1.807, 2.05) is 41.0 Å². The highest BCUT2D eigenvalue weighted by molar-refractivity contribution is 5.79. The molecule has 5 rings (SSSR count). The Balaban J connectivity index is 1.28. The van der Waals surface area contributed by atoms with E-state index in [2.05, 4.69) is 15.4 Å². The molecule has 0 bridgehead atoms. The Kier molecular flexibility index (Phi) is 5.93. The van der Waals surface area contributed by atoms with Gasteiger partial charge in [0.05, 0.1) is 19.9 Å². The van der Waals surface area contributed by atoms with Crippen LogP contribution in [-0.4, -0.2) is 68.2 Å². The van der Waals surface area contributed by atoms with Crippen LogP contribution in [0.2, 0.25) is 0 Å². The first-order valence-corrected chi connectivity index (χ1v) is 11.1. The second kappa shape index (κ2) is 9.20. The average molecular weight is 482 g/mol. The number of rotatable bonds is 6. The van der Waals surface area contributed by atoms with Gasteiger partial charge in [0.25, 0.3) is 0 Å². The van der Waals surface area contributed by atoms with Crippen molar-refractivity contribution in [2.75, 3.05) is 43.5 Å². The highest BCUT2D eigenvalue weighted by Crippen LogP contribution is 2.24. The summed E-state index contributed by atoms with van der Waals surface area (Å²) in [6, 6.07) is 5.94. The number of methoxy groups -OCH3 is 1. The molecule has 1 N–H and O–H groups in total. The SMILES string of the molecule is COc1cc(F)c(CC(=O)N2CCN(c3nc(Nc4cn(C)cn4)c4cccn4n3)CC2)c(F)c1. The average Bonchev–Trinajstić information content (AvgIpc) is 3.50. The normalized spacial score (nSPS) is 13.9. The van der Waals surface area contributed by atoms with E-state index in [9.17, 15) is 13.6 Å². The Hall–Kier alpha value is -4.22. The van der Waals surface area contributed by atoms with Crippen molar-refractivity contribution in [3.05, 3.63) is 60.2 Å². The van der Waals surface area contributed by atoms with Crippen molar-refractivity contribution in [3.8, 4) is 5.75 Å². The van der Waals surface area contributed by atoms with Gasteiger partial charge in [-0.1, -0.05) is 0 Å². The van der Waals surface area contributed by atoms with E-state index in [0.717, 1.165) is 17.6 Å². The highest BCUT2D eigenvalue weighted by atomic mass is 19.1. The zero-order chi connectivity index (χ0) is 24.5. The van der Waals surface area contributed by atoms with Crippen molar-refractivity contribution in [1.29, 1.82) is 0 Å². The number of anilines is 3. The van der Waals surface area contributed by atoms with Gasteiger partial charge in [-0.3, -0.25) is 4.79 Å². The topological polar surface area (TPSA) is 92.8 Å². The number of hydrogen-bond acceptors (Lipinski definition) is 7. The molecule has 1 amide bonds. The number of hydrogen-bond donors (Lipinski definition) is 1. The van der Waals surface area contributed by atoms with Crippen molar-refractivity contribution < 1.29 is 18.3 Å². The number of imidazole rings is 1. The number of ether oxygens (including phenoxy) is 1. The fraction of sp³-hybridized carbons (Fsp3) is 0.304. The molecule has 1 saturated heterocycles. The van der Waals surface area contributed by atoms with Gasteiger partial charge >= 0.3 is 0 Å². The zero-order valence-corrected chi connectivity index (χ0v) is 19.3. The van der Waals surface area contributed by atoms with Crippen molar-refractivity contribution in [1.82, 2.24) is 29.0 Å². The smallest absolute Gasteiger partial charge is 0.245 e. The molecule has 1 aliphatic heterocycles. The number of nitrogens with zero attached hydrogens (tertiary/aromatic N) is 7. The van der Waals surface area contributed by atoms with E-state index in [1.165, 1.54) is 7.11 Å². The molecule has 35 heavy (non-hydrogen) atoms. The van der Waals surface area contributed by atoms with E-state index < -0.39 is 11.6 Å². The van der Waals surface area contributed by atoms with Crippen LogP contribution < -0.4 is 15.0 Å². The molecule has 4 heterocycles. The molecule has 1 aromatic carbocycles. The lowest BCUT2D eigenvalue weighted by atomic mass is 10.1. The highest BCUT2D eigenvalue weighted by Gasteiger charge is 2.25. The maximum atomic E-state index is 14.3. The number of aromatic nitrogens is 5. The minimum absolute atomic E-state index is 0.0707. The van der Waals surface area contributed by atoms with E-state index in [-0.39, 0.29) is 23.6 Å². The van der Waals surface area contributed by atoms with Gasteiger partial charge in [-0.05, 0) is 12.1 Å². The zero-order valence-electron chi connectivity index (χ0n) is 19.3. The summed E-state index contributed by atoms with van der Waals surface area (Å²) in [5.74, 6) is -0.0820. The molecule has 182 valence electrons. The molecule has 0 aliphatic carbocycles. The Labute approximate surface area is 199 Å². The van der Waals surface area contributed by atoms with Gasteiger partial charge in [0.1, 0.15) is 28.7 Å². The lowest BCUT2D eigenvalue weighted by Gasteiger charge is -2.35. The molecule has 0 unspecified atom stereocenters. The van der Waals surface area contributed by atoms with Gasteiger partial charge in [-0.25, -0.2) is 18.3 Å². The van der Waals surface area contributed by atoms with Gasteiger partial charge in [0, 0.05) is 63.3 Å². The number of amides is 1. The second-order valence-electron chi connectivity index (χ2n) is 8.26. The second-order valence-corrected chi connectivity index (χ2v) is 8.26. The summed E-state index contributed by atoms with van der Waals surface area (Å²) in [5.41, 5.74) is 0.543. The summed E-state index contributed by atoms with van der Waals surface area (Å²) in [6.07, 6.45) is 5.02. The molecular weight excluding hydrogens is 458 g/mol. The van der Waals surface area contributed by atoms with Crippen LogP contribution in [0.25, 0.3) is 5.52 Å². The molecule has 0 saturated carbocycles. The largest absolute Gasteiger partial charge is 0.497 e. The van der Waals surface area contributed by atoms with Crippen LogP contribution in [0.3, 0.4) is 0 Å². The third kappa shape index (κ3) is 4.59. The van der Waals surface area contributed by atoms with Gasteiger partial charge in [0.2, 0.25) is 11.9 Å². The number of fused-ring (bicyclic) bond motifs is 1. The van der Waals surface area contributed by atoms with Gasteiger partial charge in [-0.2, -0.15) is 4.98 Å². The quantitative estimate of drug-likeness (QED) is 0.451. The summed E-state index contributed by atoms with van der Waals surface area (Å²) >= 11 is 0. The molecular formula is C23H24F2N8O2. The minimum atomic E-state index is -0.796. The Morgan fingerprint density at radius 1 is 1.17 bits per heavy atom. The first kappa shape index (κ1) is 22.6. The fourth-order valence-electron chi connectivity index (χ4n) is 4.03. The fourth-order valence-corrected chi connectivity index (χ4v) is 4.03. The standard InChI is InChI=1S/C23H24F2N8O2/c1-30-13-20(26-14-30)27-22-19-4-3-5-33(19)29-23(28-22)32-8-6-31(7-9-32)21(34)12-16-17(24)10-15(35-2)11-18(16)25/h3-5,10-11,13-14H,6-9,12H2,1-2H3,(H,27,28,29). The van der Waals surface area contributed by atoms with Crippen LogP contribution >= 0.6 is 0 Å². The molecule has 1 aliphatic rings. The third-order valence-electron chi connectivity index (χ3n) is 5.92. The molecule has 10 nitrogen and oxygen atoms in total. The predicted molar refractivity (Wildman–Crippen MR) is 125 cm³/mol. The maximum absolute atomic E-state index is 14.3. The molecule has 0 atom stereocenters. The van der Waals surface area contributed by atoms with E-state index >= 15 is 0 Å². The van der Waals surface area contributed by atoms with E-state index in [0.29, 0.717) is 43.8 Å². The molecule has 3 aromatic heterocycles. The van der Waals surface area contributed by atoms with Crippen LogP contribution in [0.1, 0.15) is 5.56 Å². The third-order valence-corrected chi connectivity index (χ3v) is 5.92. The predicted octanol–water partition coefficient (Wildman–Crippen LogP) is 2.38. The first-order chi connectivity index (χ1) is 16.9. The summed E-state index contributed by atoms with van der Waals surface area (Å²) in [7, 11) is 3.21. The van der Waals surface area contributed by atoms with Crippen molar-refractivity contribution in [2.24, 2.45) is 7.05 Å². The van der Waals surface area contributed by atoms with Gasteiger partial charge < -0.3 is 24.4 Å². The number of halogens is 2. The Morgan fingerprint density at radius 2 is 1.91 bits per heavy atom. The van der Waals surface area contributed by atoms with Crippen LogP contribution in [-0.2, 0) is 18.3 Å². The van der Waals surface area contributed by atoms with Gasteiger partial charge in [-0.15, -0.1) is 5.10 Å². The van der Waals surface area contributed by atoms with Crippen LogP contribution in [0.5, 0.6) is 5.75 Å². The molecule has 12 heteroatoms. The number of nitrogens with one attached hydrogen (secondary N) is 1. The molecule has 1 fully saturated rings. The van der Waals surface area contributed by atoms with Crippen LogP contribution in [0.15, 0.2) is 43.0 Å². The summed E-state index contributed by atoms with van der Waals surface area (Å²) in [6.45, 7) is 1.73. The number of carbonyl (C=O) groups is 1. The molecule has 0 spiro atoms. The van der Waals surface area contributed by atoms with Crippen LogP contribution in [0, 0.1) is 11.6 Å².